The van der Waals surface area contributed by atoms with Crippen LogP contribution < -0.4 is 4.74 Å². The quantitative estimate of drug-likeness (QED) is 0.858. The number of aryl methyl sites for hydroxylation is 1. The highest BCUT2D eigenvalue weighted by Gasteiger charge is 2.42. The molecular weight excluding hydrogens is 314 g/mol. The van der Waals surface area contributed by atoms with Crippen LogP contribution in [0, 0.1) is 0 Å². The van der Waals surface area contributed by atoms with E-state index in [1.807, 2.05) is 18.0 Å². The van der Waals surface area contributed by atoms with Crippen LogP contribution in [0.1, 0.15) is 22.3 Å². The van der Waals surface area contributed by atoms with Crippen molar-refractivity contribution in [3.05, 3.63) is 59.8 Å². The van der Waals surface area contributed by atoms with E-state index >= 15 is 0 Å². The molecule has 2 aromatic rings. The summed E-state index contributed by atoms with van der Waals surface area (Å²) in [4.78, 5) is 21.2. The van der Waals surface area contributed by atoms with Crippen LogP contribution in [0.25, 0.3) is 0 Å². The fourth-order valence-corrected chi connectivity index (χ4v) is 3.79. The number of carbonyl (C=O) groups excluding carboxylic acids is 1. The van der Waals surface area contributed by atoms with Gasteiger partial charge in [-0.3, -0.25) is 9.69 Å². The number of likely N-dealkylation sites (tertiary alicyclic amines) is 1. The van der Waals surface area contributed by atoms with Crippen LogP contribution in [0.15, 0.2) is 48.7 Å². The van der Waals surface area contributed by atoms with Crippen LogP contribution in [0.2, 0.25) is 0 Å². The second-order valence-corrected chi connectivity index (χ2v) is 6.84. The molecule has 1 aromatic carbocycles. The van der Waals surface area contributed by atoms with Crippen LogP contribution in [0.5, 0.6) is 5.88 Å². The summed E-state index contributed by atoms with van der Waals surface area (Å²) < 4.78 is 6.10. The Bertz CT molecular complexity index is 750. The van der Waals surface area contributed by atoms with E-state index in [-0.39, 0.29) is 18.1 Å². The van der Waals surface area contributed by atoms with Gasteiger partial charge >= 0.3 is 0 Å². The van der Waals surface area contributed by atoms with Crippen molar-refractivity contribution < 1.29 is 9.53 Å². The monoisotopic (exact) mass is 337 g/mol. The maximum atomic E-state index is 12.7. The highest BCUT2D eigenvalue weighted by molar-refractivity contribution is 5.96. The Labute approximate surface area is 148 Å². The van der Waals surface area contributed by atoms with Gasteiger partial charge in [-0.05, 0) is 37.1 Å². The molecule has 25 heavy (non-hydrogen) atoms. The zero-order chi connectivity index (χ0) is 17.2. The predicted octanol–water partition coefficient (Wildman–Crippen LogP) is 2.23. The fraction of sp³-hybridized carbons (Fsp3) is 0.400. The molecule has 2 unspecified atom stereocenters. The van der Waals surface area contributed by atoms with Crippen LogP contribution in [0.3, 0.4) is 0 Å². The number of pyridine rings is 1. The summed E-state index contributed by atoms with van der Waals surface area (Å²) in [5.41, 5.74) is 1.94. The van der Waals surface area contributed by atoms with Crippen LogP contribution in [-0.4, -0.2) is 59.5 Å². The third-order valence-electron chi connectivity index (χ3n) is 5.18. The van der Waals surface area contributed by atoms with E-state index in [4.69, 9.17) is 4.74 Å². The number of nitrogens with zero attached hydrogens (tertiary/aromatic N) is 3. The Kier molecular flexibility index (Phi) is 4.40. The average molecular weight is 337 g/mol. The average Bonchev–Trinajstić information content (AvgIpc) is 3.00. The van der Waals surface area contributed by atoms with Gasteiger partial charge < -0.3 is 9.64 Å². The van der Waals surface area contributed by atoms with E-state index < -0.39 is 0 Å². The van der Waals surface area contributed by atoms with Crippen molar-refractivity contribution in [2.45, 2.75) is 25.0 Å². The highest BCUT2D eigenvalue weighted by Crippen LogP contribution is 2.28. The normalized spacial score (nSPS) is 22.9. The van der Waals surface area contributed by atoms with Gasteiger partial charge in [0.05, 0.1) is 6.04 Å². The maximum Gasteiger partial charge on any atom is 0.259 e. The second kappa shape index (κ2) is 6.84. The van der Waals surface area contributed by atoms with Crippen molar-refractivity contribution in [1.29, 1.82) is 0 Å². The molecule has 1 fully saturated rings. The second-order valence-electron chi connectivity index (χ2n) is 6.84. The molecule has 4 rings (SSSR count). The first-order valence-corrected chi connectivity index (χ1v) is 8.87. The maximum absolute atomic E-state index is 12.7. The molecule has 130 valence electrons. The number of aromatic nitrogens is 1. The molecule has 1 aromatic heterocycles. The number of benzene rings is 1. The van der Waals surface area contributed by atoms with Crippen molar-refractivity contribution in [3.8, 4) is 5.88 Å². The van der Waals surface area contributed by atoms with E-state index in [9.17, 15) is 4.79 Å². The van der Waals surface area contributed by atoms with Crippen LogP contribution in [0.4, 0.5) is 0 Å². The Morgan fingerprint density at radius 2 is 2.00 bits per heavy atom. The van der Waals surface area contributed by atoms with Crippen LogP contribution in [-0.2, 0) is 6.42 Å². The molecule has 2 aliphatic heterocycles. The lowest BCUT2D eigenvalue weighted by Crippen LogP contribution is -2.44. The standard InChI is InChI=1S/C20H23N3O2/c1-22-17-13-23(12-6-9-15-7-3-2-4-8-15)14-18(17)25-19-16(20(22)24)10-5-11-21-19/h2-5,7-8,10-11,17-18H,6,9,12-14H2,1H3. The number of carbonyl (C=O) groups is 1. The zero-order valence-electron chi connectivity index (χ0n) is 14.5. The number of rotatable bonds is 4. The Morgan fingerprint density at radius 3 is 2.84 bits per heavy atom. The molecule has 1 amide bonds. The largest absolute Gasteiger partial charge is 0.470 e. The zero-order valence-corrected chi connectivity index (χ0v) is 14.5. The number of hydrogen-bond donors (Lipinski definition) is 0. The first-order chi connectivity index (χ1) is 12.2. The summed E-state index contributed by atoms with van der Waals surface area (Å²) in [7, 11) is 1.87. The molecule has 0 aliphatic carbocycles. The first-order valence-electron chi connectivity index (χ1n) is 8.87. The van der Waals surface area contributed by atoms with Gasteiger partial charge in [-0.2, -0.15) is 0 Å². The molecule has 0 spiro atoms. The molecular formula is C20H23N3O2. The van der Waals surface area contributed by atoms with Gasteiger partial charge in [-0.15, -0.1) is 0 Å². The third kappa shape index (κ3) is 3.24. The molecule has 5 nitrogen and oxygen atoms in total. The topological polar surface area (TPSA) is 45.7 Å². The molecule has 2 atom stereocenters. The minimum Gasteiger partial charge on any atom is -0.470 e. The minimum absolute atomic E-state index is 0.00161. The Balaban J connectivity index is 1.40. The highest BCUT2D eigenvalue weighted by atomic mass is 16.5. The number of fused-ring (bicyclic) bond motifs is 2. The number of amides is 1. The lowest BCUT2D eigenvalue weighted by atomic mass is 10.1. The molecule has 1 saturated heterocycles. The first kappa shape index (κ1) is 16.1. The smallest absolute Gasteiger partial charge is 0.259 e. The fourth-order valence-electron chi connectivity index (χ4n) is 3.79. The Morgan fingerprint density at radius 1 is 1.16 bits per heavy atom. The molecule has 0 saturated carbocycles. The lowest BCUT2D eigenvalue weighted by molar-refractivity contribution is 0.0680. The summed E-state index contributed by atoms with van der Waals surface area (Å²) in [5.74, 6) is 0.472. The summed E-state index contributed by atoms with van der Waals surface area (Å²) in [5, 5.41) is 0. The van der Waals surface area contributed by atoms with Crippen LogP contribution >= 0.6 is 0 Å². The van der Waals surface area contributed by atoms with Crippen molar-refractivity contribution in [2.24, 2.45) is 0 Å². The molecule has 5 heteroatoms. The molecule has 3 heterocycles. The van der Waals surface area contributed by atoms with Crippen molar-refractivity contribution >= 4 is 5.91 Å². The Hall–Kier alpha value is -2.40. The third-order valence-corrected chi connectivity index (χ3v) is 5.18. The molecule has 2 aliphatic rings. The van der Waals surface area contributed by atoms with E-state index in [0.717, 1.165) is 32.5 Å². The predicted molar refractivity (Wildman–Crippen MR) is 95.7 cm³/mol. The SMILES string of the molecule is CN1C(=O)c2cccnc2OC2CN(CCCc3ccccc3)CC21. The van der Waals surface area contributed by atoms with E-state index in [0.29, 0.717) is 11.4 Å². The minimum atomic E-state index is -0.0122. The number of hydrogen-bond acceptors (Lipinski definition) is 4. The van der Waals surface area contributed by atoms with Gasteiger partial charge in [-0.1, -0.05) is 30.3 Å². The van der Waals surface area contributed by atoms with E-state index in [2.05, 4.69) is 34.1 Å². The molecule has 0 bridgehead atoms. The molecule has 0 N–H and O–H groups in total. The van der Waals surface area contributed by atoms with Crippen molar-refractivity contribution in [2.75, 3.05) is 26.7 Å². The van der Waals surface area contributed by atoms with Gasteiger partial charge in [0, 0.05) is 26.3 Å². The number of likely N-dealkylation sites (N-methyl/N-ethyl adjacent to an activating group) is 1. The van der Waals surface area contributed by atoms with Crippen molar-refractivity contribution in [3.63, 3.8) is 0 Å². The van der Waals surface area contributed by atoms with Gasteiger partial charge in [0.15, 0.2) is 0 Å². The van der Waals surface area contributed by atoms with Gasteiger partial charge in [0.2, 0.25) is 5.88 Å². The van der Waals surface area contributed by atoms with Gasteiger partial charge in [0.25, 0.3) is 5.91 Å². The summed E-state index contributed by atoms with van der Waals surface area (Å²) in [6.45, 7) is 2.71. The number of ether oxygens (including phenoxy) is 1. The van der Waals surface area contributed by atoms with Gasteiger partial charge in [0.1, 0.15) is 11.7 Å². The van der Waals surface area contributed by atoms with E-state index in [1.54, 1.807) is 18.3 Å². The summed E-state index contributed by atoms with van der Waals surface area (Å²) in [6, 6.07) is 14.2. The van der Waals surface area contributed by atoms with Crippen molar-refractivity contribution in [1.82, 2.24) is 14.8 Å². The summed E-state index contributed by atoms with van der Waals surface area (Å²) in [6.07, 6.45) is 3.85. The molecule has 0 radical (unpaired) electrons. The lowest BCUT2D eigenvalue weighted by Gasteiger charge is -2.25. The summed E-state index contributed by atoms with van der Waals surface area (Å²) >= 11 is 0. The van der Waals surface area contributed by atoms with Gasteiger partial charge in [-0.25, -0.2) is 4.98 Å². The van der Waals surface area contributed by atoms with E-state index in [1.165, 1.54) is 5.56 Å².